The minimum Gasteiger partial charge on any atom is -0.309 e. The van der Waals surface area contributed by atoms with Crippen molar-refractivity contribution < 1.29 is 0 Å². The predicted octanol–water partition coefficient (Wildman–Crippen LogP) is 4.71. The molecule has 1 aliphatic carbocycles. The summed E-state index contributed by atoms with van der Waals surface area (Å²) in [6.45, 7) is 3.16. The van der Waals surface area contributed by atoms with Gasteiger partial charge in [0.15, 0.2) is 0 Å². The molecule has 1 nitrogen and oxygen atoms in total. The standard InChI is InChI=1S/C17H18ClNS/c1-2-19-17-15-9-4-3-6-12(15)10-16(17)20-14-8-5-7-13(18)11-14/h3-9,11,16-17,19H,2,10H2,1H3. The van der Waals surface area contributed by atoms with Crippen LogP contribution in [0.25, 0.3) is 0 Å². The molecule has 0 spiro atoms. The van der Waals surface area contributed by atoms with E-state index in [4.69, 9.17) is 11.6 Å². The maximum atomic E-state index is 6.09. The maximum Gasteiger partial charge on any atom is 0.0450 e. The Morgan fingerprint density at radius 3 is 2.85 bits per heavy atom. The average Bonchev–Trinajstić information content (AvgIpc) is 2.77. The first-order valence-corrected chi connectivity index (χ1v) is 8.27. The van der Waals surface area contributed by atoms with Gasteiger partial charge in [-0.15, -0.1) is 11.8 Å². The number of benzene rings is 2. The van der Waals surface area contributed by atoms with Crippen LogP contribution < -0.4 is 5.32 Å². The van der Waals surface area contributed by atoms with Crippen LogP contribution in [-0.2, 0) is 6.42 Å². The molecule has 0 saturated carbocycles. The van der Waals surface area contributed by atoms with Gasteiger partial charge in [-0.3, -0.25) is 0 Å². The van der Waals surface area contributed by atoms with Crippen molar-refractivity contribution in [3.05, 3.63) is 64.7 Å². The SMILES string of the molecule is CCNC1c2ccccc2CC1Sc1cccc(Cl)c1. The molecular formula is C17H18ClNS. The van der Waals surface area contributed by atoms with E-state index in [-0.39, 0.29) is 0 Å². The summed E-state index contributed by atoms with van der Waals surface area (Å²) in [6, 6.07) is 17.3. The third-order valence-electron chi connectivity index (χ3n) is 3.69. The molecule has 0 heterocycles. The first kappa shape index (κ1) is 14.0. The summed E-state index contributed by atoms with van der Waals surface area (Å²) in [5.74, 6) is 0. The van der Waals surface area contributed by atoms with E-state index < -0.39 is 0 Å². The highest BCUT2D eigenvalue weighted by atomic mass is 35.5. The molecule has 0 radical (unpaired) electrons. The Morgan fingerprint density at radius 1 is 1.20 bits per heavy atom. The fourth-order valence-corrected chi connectivity index (χ4v) is 4.44. The smallest absolute Gasteiger partial charge is 0.0450 e. The summed E-state index contributed by atoms with van der Waals surface area (Å²) in [6.07, 6.45) is 1.12. The van der Waals surface area contributed by atoms with E-state index >= 15 is 0 Å². The fraction of sp³-hybridized carbons (Fsp3) is 0.294. The van der Waals surface area contributed by atoms with E-state index in [1.807, 2.05) is 23.9 Å². The third-order valence-corrected chi connectivity index (χ3v) is 5.19. The molecule has 0 aliphatic heterocycles. The normalized spacial score (nSPS) is 20.9. The van der Waals surface area contributed by atoms with E-state index in [0.717, 1.165) is 18.0 Å². The first-order valence-electron chi connectivity index (χ1n) is 7.01. The summed E-state index contributed by atoms with van der Waals surface area (Å²) < 4.78 is 0. The molecule has 0 saturated heterocycles. The van der Waals surface area contributed by atoms with Gasteiger partial charge in [0.1, 0.15) is 0 Å². The molecule has 2 atom stereocenters. The Kier molecular flexibility index (Phi) is 4.35. The van der Waals surface area contributed by atoms with Crippen LogP contribution in [0.2, 0.25) is 5.02 Å². The van der Waals surface area contributed by atoms with Crippen LogP contribution >= 0.6 is 23.4 Å². The predicted molar refractivity (Wildman–Crippen MR) is 87.7 cm³/mol. The number of fused-ring (bicyclic) bond motifs is 1. The molecule has 0 amide bonds. The monoisotopic (exact) mass is 303 g/mol. The Bertz CT molecular complexity index is 599. The van der Waals surface area contributed by atoms with Crippen molar-refractivity contribution >= 4 is 23.4 Å². The van der Waals surface area contributed by atoms with Gasteiger partial charge in [0, 0.05) is 21.2 Å². The molecule has 2 aromatic rings. The Hall–Kier alpha value is -0.960. The van der Waals surface area contributed by atoms with Gasteiger partial charge < -0.3 is 5.32 Å². The van der Waals surface area contributed by atoms with Gasteiger partial charge in [0.25, 0.3) is 0 Å². The van der Waals surface area contributed by atoms with Crippen molar-refractivity contribution in [3.63, 3.8) is 0 Å². The molecule has 3 heteroatoms. The zero-order valence-corrected chi connectivity index (χ0v) is 13.0. The van der Waals surface area contributed by atoms with Gasteiger partial charge in [0.2, 0.25) is 0 Å². The third kappa shape index (κ3) is 2.88. The quantitative estimate of drug-likeness (QED) is 0.878. The highest BCUT2D eigenvalue weighted by Crippen LogP contribution is 2.41. The maximum absolute atomic E-state index is 6.09. The minimum absolute atomic E-state index is 0.431. The van der Waals surface area contributed by atoms with Crippen LogP contribution in [0.3, 0.4) is 0 Å². The summed E-state index contributed by atoms with van der Waals surface area (Å²) in [5, 5.41) is 4.98. The second kappa shape index (κ2) is 6.21. The fourth-order valence-electron chi connectivity index (χ4n) is 2.84. The zero-order valence-electron chi connectivity index (χ0n) is 11.5. The molecule has 1 aliphatic rings. The van der Waals surface area contributed by atoms with Crippen LogP contribution in [-0.4, -0.2) is 11.8 Å². The van der Waals surface area contributed by atoms with Crippen molar-refractivity contribution in [1.82, 2.24) is 5.32 Å². The Balaban J connectivity index is 1.83. The van der Waals surface area contributed by atoms with Crippen molar-refractivity contribution in [2.24, 2.45) is 0 Å². The molecular weight excluding hydrogens is 286 g/mol. The first-order chi connectivity index (χ1) is 9.78. The number of rotatable bonds is 4. The van der Waals surface area contributed by atoms with Gasteiger partial charge in [-0.25, -0.2) is 0 Å². The average molecular weight is 304 g/mol. The summed E-state index contributed by atoms with van der Waals surface area (Å²) in [4.78, 5) is 1.25. The topological polar surface area (TPSA) is 12.0 Å². The Morgan fingerprint density at radius 2 is 2.05 bits per heavy atom. The van der Waals surface area contributed by atoms with E-state index in [1.165, 1.54) is 16.0 Å². The second-order valence-electron chi connectivity index (χ2n) is 5.05. The number of halogens is 1. The lowest BCUT2D eigenvalue weighted by molar-refractivity contribution is 0.560. The number of hydrogen-bond acceptors (Lipinski definition) is 2. The molecule has 0 fully saturated rings. The molecule has 2 aromatic carbocycles. The van der Waals surface area contributed by atoms with Gasteiger partial charge in [0.05, 0.1) is 0 Å². The van der Waals surface area contributed by atoms with Crippen molar-refractivity contribution in [1.29, 1.82) is 0 Å². The van der Waals surface area contributed by atoms with E-state index in [1.54, 1.807) is 0 Å². The zero-order chi connectivity index (χ0) is 13.9. The number of nitrogens with one attached hydrogen (secondary N) is 1. The van der Waals surface area contributed by atoms with E-state index in [9.17, 15) is 0 Å². The van der Waals surface area contributed by atoms with Gasteiger partial charge in [-0.1, -0.05) is 48.9 Å². The van der Waals surface area contributed by atoms with Crippen LogP contribution in [0, 0.1) is 0 Å². The number of hydrogen-bond donors (Lipinski definition) is 1. The Labute approximate surface area is 129 Å². The lowest BCUT2D eigenvalue weighted by Gasteiger charge is -2.21. The highest BCUT2D eigenvalue weighted by molar-refractivity contribution is 8.00. The molecule has 20 heavy (non-hydrogen) atoms. The van der Waals surface area contributed by atoms with Gasteiger partial charge in [-0.05, 0) is 42.3 Å². The summed E-state index contributed by atoms with van der Waals surface area (Å²) in [5.41, 5.74) is 2.92. The van der Waals surface area contributed by atoms with Crippen molar-refractivity contribution in [3.8, 4) is 0 Å². The lowest BCUT2D eigenvalue weighted by atomic mass is 10.1. The largest absolute Gasteiger partial charge is 0.309 e. The highest BCUT2D eigenvalue weighted by Gasteiger charge is 2.32. The molecule has 2 unspecified atom stereocenters. The van der Waals surface area contributed by atoms with Crippen molar-refractivity contribution in [2.45, 2.75) is 29.5 Å². The van der Waals surface area contributed by atoms with Crippen molar-refractivity contribution in [2.75, 3.05) is 6.54 Å². The molecule has 0 aromatic heterocycles. The van der Waals surface area contributed by atoms with Gasteiger partial charge >= 0.3 is 0 Å². The van der Waals surface area contributed by atoms with Crippen LogP contribution in [0.4, 0.5) is 0 Å². The summed E-state index contributed by atoms with van der Waals surface area (Å²) in [7, 11) is 0. The summed E-state index contributed by atoms with van der Waals surface area (Å²) >= 11 is 8.01. The second-order valence-corrected chi connectivity index (χ2v) is 6.80. The number of thioether (sulfide) groups is 1. The lowest BCUT2D eigenvalue weighted by Crippen LogP contribution is -2.26. The molecule has 0 bridgehead atoms. The molecule has 3 rings (SSSR count). The molecule has 1 N–H and O–H groups in total. The van der Waals surface area contributed by atoms with Crippen LogP contribution in [0.1, 0.15) is 24.1 Å². The van der Waals surface area contributed by atoms with E-state index in [2.05, 4.69) is 48.6 Å². The van der Waals surface area contributed by atoms with Gasteiger partial charge in [-0.2, -0.15) is 0 Å². The minimum atomic E-state index is 0.431. The van der Waals surface area contributed by atoms with Crippen LogP contribution in [0.5, 0.6) is 0 Å². The van der Waals surface area contributed by atoms with E-state index in [0.29, 0.717) is 11.3 Å². The molecule has 104 valence electrons. The van der Waals surface area contributed by atoms with Crippen LogP contribution in [0.15, 0.2) is 53.4 Å².